The van der Waals surface area contributed by atoms with E-state index in [2.05, 4.69) is 0 Å². The van der Waals surface area contributed by atoms with E-state index in [1.165, 1.54) is 0 Å². The maximum absolute atomic E-state index is 13.9. The molecule has 7 nitrogen and oxygen atoms in total. The summed E-state index contributed by atoms with van der Waals surface area (Å²) in [7, 11) is 1.09. The number of benzene rings is 2. The molecule has 1 fully saturated rings. The fourth-order valence-electron chi connectivity index (χ4n) is 3.44. The zero-order valence-electron chi connectivity index (χ0n) is 18.7. The van der Waals surface area contributed by atoms with Gasteiger partial charge in [0.25, 0.3) is 0 Å². The number of urea groups is 1. The van der Waals surface area contributed by atoms with Crippen molar-refractivity contribution in [2.45, 2.75) is 19.3 Å². The monoisotopic (exact) mass is 521 g/mol. The fourth-order valence-corrected chi connectivity index (χ4v) is 3.44. The molecule has 0 saturated carbocycles. The van der Waals surface area contributed by atoms with Gasteiger partial charge in [0.2, 0.25) is 0 Å². The van der Waals surface area contributed by atoms with Crippen LogP contribution >= 0.6 is 0 Å². The highest BCUT2D eigenvalue weighted by Crippen LogP contribution is 2.47. The maximum Gasteiger partial charge on any atom is 0.420 e. The van der Waals surface area contributed by atoms with E-state index in [1.807, 2.05) is 0 Å². The predicted octanol–water partition coefficient (Wildman–Crippen LogP) is 5.33. The van der Waals surface area contributed by atoms with E-state index in [4.69, 9.17) is 4.74 Å². The Bertz CT molecular complexity index is 1180. The van der Waals surface area contributed by atoms with Crippen molar-refractivity contribution in [1.82, 2.24) is 4.90 Å². The van der Waals surface area contributed by atoms with Gasteiger partial charge in [0.15, 0.2) is 5.75 Å². The van der Waals surface area contributed by atoms with Crippen molar-refractivity contribution in [3.05, 3.63) is 53.3 Å². The van der Waals surface area contributed by atoms with E-state index in [1.54, 1.807) is 0 Å². The summed E-state index contributed by atoms with van der Waals surface area (Å²) < 4.78 is 100. The van der Waals surface area contributed by atoms with Crippen molar-refractivity contribution >= 4 is 29.3 Å². The Hall–Kier alpha value is -3.84. The zero-order valence-corrected chi connectivity index (χ0v) is 18.7. The van der Waals surface area contributed by atoms with Crippen molar-refractivity contribution in [2.24, 2.45) is 0 Å². The first-order valence-corrected chi connectivity index (χ1v) is 10.2. The average molecular weight is 521 g/mol. The van der Waals surface area contributed by atoms with Gasteiger partial charge in [0, 0.05) is 25.8 Å². The minimum atomic E-state index is -5.41. The van der Waals surface area contributed by atoms with E-state index in [0.717, 1.165) is 43.1 Å². The lowest BCUT2D eigenvalue weighted by molar-refractivity contribution is -0.143. The third-order valence-electron chi connectivity index (χ3n) is 5.18. The van der Waals surface area contributed by atoms with Crippen LogP contribution in [0.2, 0.25) is 0 Å². The lowest BCUT2D eigenvalue weighted by Gasteiger charge is -2.26. The van der Waals surface area contributed by atoms with Gasteiger partial charge in [-0.25, -0.2) is 14.0 Å². The first kappa shape index (κ1) is 26.8. The summed E-state index contributed by atoms with van der Waals surface area (Å²) in [4.78, 5) is 39.0. The van der Waals surface area contributed by atoms with Gasteiger partial charge < -0.3 is 9.64 Å². The predicted molar refractivity (Wildman–Crippen MR) is 112 cm³/mol. The van der Waals surface area contributed by atoms with Gasteiger partial charge in [-0.05, 0) is 43.3 Å². The lowest BCUT2D eigenvalue weighted by Crippen LogP contribution is -2.36. The number of alkyl halides is 6. The Morgan fingerprint density at radius 2 is 1.61 bits per heavy atom. The SMILES string of the molecule is CC(=O)CN1CCN(c2cc(C(F)(F)F)cc(C(F)(F)F)c2OC(=O)N(C)c2ccc(F)cc2)C1=O. The van der Waals surface area contributed by atoms with Crippen LogP contribution in [0.4, 0.5) is 51.7 Å². The highest BCUT2D eigenvalue weighted by atomic mass is 19.4. The van der Waals surface area contributed by atoms with Crippen LogP contribution in [0.3, 0.4) is 0 Å². The standard InChI is InChI=1S/C22H18F7N3O4/c1-12(33)11-31-7-8-32(19(31)34)17-10-13(21(24,25)26)9-16(22(27,28)29)18(17)36-20(35)30(2)15-5-3-14(23)4-6-15/h3-6,9-10H,7-8,11H2,1-2H3. The van der Waals surface area contributed by atoms with E-state index in [9.17, 15) is 45.1 Å². The first-order chi connectivity index (χ1) is 16.6. The molecular formula is C22H18F7N3O4. The number of nitrogens with zero attached hydrogens (tertiary/aromatic N) is 3. The maximum atomic E-state index is 13.9. The molecule has 36 heavy (non-hydrogen) atoms. The number of carbonyl (C=O) groups is 3. The number of ketones is 1. The molecule has 1 aliphatic rings. The summed E-state index contributed by atoms with van der Waals surface area (Å²) in [5, 5.41) is 0. The smallest absolute Gasteiger partial charge is 0.407 e. The Balaban J connectivity index is 2.13. The molecule has 0 N–H and O–H groups in total. The van der Waals surface area contributed by atoms with Crippen molar-refractivity contribution in [2.75, 3.05) is 36.5 Å². The van der Waals surface area contributed by atoms with Crippen LogP contribution in [0.5, 0.6) is 5.75 Å². The van der Waals surface area contributed by atoms with Crippen LogP contribution in [0.1, 0.15) is 18.1 Å². The summed E-state index contributed by atoms with van der Waals surface area (Å²) in [5.74, 6) is -2.45. The summed E-state index contributed by atoms with van der Waals surface area (Å²) in [6.45, 7) is 0.200. The number of anilines is 2. The largest absolute Gasteiger partial charge is 0.420 e. The number of ether oxygens (including phenoxy) is 1. The summed E-state index contributed by atoms with van der Waals surface area (Å²) in [5.41, 5.74) is -4.61. The second-order valence-corrected chi connectivity index (χ2v) is 7.83. The summed E-state index contributed by atoms with van der Waals surface area (Å²) >= 11 is 0. The molecule has 0 unspecified atom stereocenters. The number of hydrogen-bond donors (Lipinski definition) is 0. The number of hydrogen-bond acceptors (Lipinski definition) is 4. The van der Waals surface area contributed by atoms with E-state index < -0.39 is 65.2 Å². The minimum absolute atomic E-state index is 0.00769. The molecule has 1 aliphatic heterocycles. The van der Waals surface area contributed by atoms with Gasteiger partial charge in [-0.1, -0.05) is 0 Å². The zero-order chi connectivity index (χ0) is 27.0. The second kappa shape index (κ2) is 9.66. The topological polar surface area (TPSA) is 70.2 Å². The number of carbonyl (C=O) groups excluding carboxylic acids is 3. The molecule has 0 bridgehead atoms. The molecule has 1 heterocycles. The molecular weight excluding hydrogens is 503 g/mol. The summed E-state index contributed by atoms with van der Waals surface area (Å²) in [6.07, 6.45) is -12.1. The Morgan fingerprint density at radius 1 is 1.00 bits per heavy atom. The van der Waals surface area contributed by atoms with Crippen LogP contribution in [0.25, 0.3) is 0 Å². The minimum Gasteiger partial charge on any atom is -0.407 e. The number of Topliss-reactive ketones (excluding diaryl/α,β-unsaturated/α-hetero) is 1. The lowest BCUT2D eigenvalue weighted by atomic mass is 10.1. The highest BCUT2D eigenvalue weighted by molar-refractivity contribution is 5.99. The number of rotatable bonds is 5. The van der Waals surface area contributed by atoms with Crippen molar-refractivity contribution < 1.29 is 49.9 Å². The molecule has 194 valence electrons. The van der Waals surface area contributed by atoms with Gasteiger partial charge in [0.05, 0.1) is 17.8 Å². The van der Waals surface area contributed by atoms with E-state index in [0.29, 0.717) is 9.80 Å². The molecule has 0 radical (unpaired) electrons. The molecule has 14 heteroatoms. The Kier molecular flexibility index (Phi) is 7.18. The Labute approximate surface area is 199 Å². The number of halogens is 7. The quantitative estimate of drug-likeness (QED) is 0.499. The van der Waals surface area contributed by atoms with Gasteiger partial charge in [-0.2, -0.15) is 26.3 Å². The molecule has 1 saturated heterocycles. The molecule has 2 aromatic rings. The van der Waals surface area contributed by atoms with Gasteiger partial charge in [-0.3, -0.25) is 14.6 Å². The van der Waals surface area contributed by atoms with Gasteiger partial charge >= 0.3 is 24.5 Å². The first-order valence-electron chi connectivity index (χ1n) is 10.2. The average Bonchev–Trinajstić information content (AvgIpc) is 3.11. The molecule has 3 rings (SSSR count). The van der Waals surface area contributed by atoms with Crippen LogP contribution in [0, 0.1) is 5.82 Å². The second-order valence-electron chi connectivity index (χ2n) is 7.83. The molecule has 0 aromatic heterocycles. The van der Waals surface area contributed by atoms with Gasteiger partial charge in [-0.15, -0.1) is 0 Å². The van der Waals surface area contributed by atoms with Crippen LogP contribution in [-0.4, -0.2) is 49.5 Å². The van der Waals surface area contributed by atoms with Crippen LogP contribution < -0.4 is 14.5 Å². The van der Waals surface area contributed by atoms with Crippen molar-refractivity contribution in [3.63, 3.8) is 0 Å². The summed E-state index contributed by atoms with van der Waals surface area (Å²) in [6, 6.07) is 3.19. The third kappa shape index (κ3) is 5.69. The molecule has 0 atom stereocenters. The molecule has 0 spiro atoms. The molecule has 3 amide bonds. The van der Waals surface area contributed by atoms with E-state index in [-0.39, 0.29) is 30.9 Å². The number of amides is 3. The Morgan fingerprint density at radius 3 is 2.14 bits per heavy atom. The fraction of sp³-hybridized carbons (Fsp3) is 0.318. The third-order valence-corrected chi connectivity index (χ3v) is 5.18. The van der Waals surface area contributed by atoms with E-state index >= 15 is 0 Å². The normalized spacial score (nSPS) is 14.3. The van der Waals surface area contributed by atoms with Crippen molar-refractivity contribution in [1.29, 1.82) is 0 Å². The highest BCUT2D eigenvalue weighted by Gasteiger charge is 2.44. The molecule has 2 aromatic carbocycles. The van der Waals surface area contributed by atoms with Crippen molar-refractivity contribution in [3.8, 4) is 5.75 Å². The van der Waals surface area contributed by atoms with Crippen LogP contribution in [0.15, 0.2) is 36.4 Å². The van der Waals surface area contributed by atoms with Gasteiger partial charge in [0.1, 0.15) is 17.2 Å². The van der Waals surface area contributed by atoms with Crippen LogP contribution in [-0.2, 0) is 17.1 Å². The molecule has 0 aliphatic carbocycles.